The van der Waals surface area contributed by atoms with Gasteiger partial charge < -0.3 is 10.3 Å². The van der Waals surface area contributed by atoms with Gasteiger partial charge in [-0.15, -0.1) is 0 Å². The van der Waals surface area contributed by atoms with Crippen LogP contribution < -0.4 is 5.32 Å². The first-order valence-corrected chi connectivity index (χ1v) is 8.85. The van der Waals surface area contributed by atoms with Crippen molar-refractivity contribution in [1.82, 2.24) is 15.2 Å². The molecule has 136 valence electrons. The number of nitrogens with zero attached hydrogens (tertiary/aromatic N) is 1. The van der Waals surface area contributed by atoms with E-state index in [0.717, 1.165) is 11.9 Å². The molecule has 0 saturated heterocycles. The third-order valence-corrected chi connectivity index (χ3v) is 4.65. The lowest BCUT2D eigenvalue weighted by Crippen LogP contribution is -2.36. The Morgan fingerprint density at radius 2 is 2.04 bits per heavy atom. The number of aromatic nitrogens is 1. The molecule has 3 aromatic rings. The number of likely N-dealkylation sites (N-methyl/N-ethyl adjacent to an activating group) is 1. The number of aromatic amines is 1. The molecular formula is C20H21ClFN3O. The third kappa shape index (κ3) is 4.42. The average molecular weight is 374 g/mol. The van der Waals surface area contributed by atoms with Gasteiger partial charge in [-0.05, 0) is 37.2 Å². The van der Waals surface area contributed by atoms with Crippen molar-refractivity contribution in [2.24, 2.45) is 0 Å². The molecule has 0 spiro atoms. The molecule has 4 nitrogen and oxygen atoms in total. The summed E-state index contributed by atoms with van der Waals surface area (Å²) < 4.78 is 13.8. The predicted molar refractivity (Wildman–Crippen MR) is 103 cm³/mol. The minimum atomic E-state index is -0.357. The van der Waals surface area contributed by atoms with E-state index in [1.165, 1.54) is 17.0 Å². The van der Waals surface area contributed by atoms with Crippen molar-refractivity contribution in [3.8, 4) is 0 Å². The standard InChI is InChI=1S/C20H21ClFN3O/c1-25(12-16-17(21)6-4-7-18(16)22)13-20(26)23-10-9-14-11-24-19-8-3-2-5-15(14)19/h2-8,11,24H,9-10,12-13H2,1H3,(H,23,26). The van der Waals surface area contributed by atoms with Gasteiger partial charge in [-0.1, -0.05) is 35.9 Å². The molecule has 0 fully saturated rings. The number of fused-ring (bicyclic) bond motifs is 1. The zero-order chi connectivity index (χ0) is 18.5. The maximum absolute atomic E-state index is 13.8. The fourth-order valence-electron chi connectivity index (χ4n) is 2.99. The summed E-state index contributed by atoms with van der Waals surface area (Å²) in [5.41, 5.74) is 2.67. The number of H-pyrrole nitrogens is 1. The van der Waals surface area contributed by atoms with Crippen molar-refractivity contribution >= 4 is 28.4 Å². The zero-order valence-corrected chi connectivity index (χ0v) is 15.3. The molecule has 3 rings (SSSR count). The topological polar surface area (TPSA) is 48.1 Å². The van der Waals surface area contributed by atoms with Crippen LogP contribution in [0.2, 0.25) is 5.02 Å². The first kappa shape index (κ1) is 18.4. The van der Waals surface area contributed by atoms with E-state index in [0.29, 0.717) is 17.1 Å². The normalized spacial score (nSPS) is 11.2. The van der Waals surface area contributed by atoms with Crippen LogP contribution in [0.5, 0.6) is 0 Å². The second kappa shape index (κ2) is 8.34. The highest BCUT2D eigenvalue weighted by atomic mass is 35.5. The molecule has 26 heavy (non-hydrogen) atoms. The lowest BCUT2D eigenvalue weighted by Gasteiger charge is -2.17. The maximum Gasteiger partial charge on any atom is 0.234 e. The van der Waals surface area contributed by atoms with Gasteiger partial charge in [-0.2, -0.15) is 0 Å². The lowest BCUT2D eigenvalue weighted by atomic mass is 10.1. The van der Waals surface area contributed by atoms with Crippen molar-refractivity contribution in [2.75, 3.05) is 20.1 Å². The SMILES string of the molecule is CN(CC(=O)NCCc1c[nH]c2ccccc12)Cc1c(F)cccc1Cl. The van der Waals surface area contributed by atoms with Gasteiger partial charge >= 0.3 is 0 Å². The van der Waals surface area contributed by atoms with E-state index in [1.54, 1.807) is 24.1 Å². The summed E-state index contributed by atoms with van der Waals surface area (Å²) in [7, 11) is 1.77. The number of hydrogen-bond acceptors (Lipinski definition) is 2. The average Bonchev–Trinajstić information content (AvgIpc) is 3.02. The van der Waals surface area contributed by atoms with Gasteiger partial charge in [0, 0.05) is 40.8 Å². The molecule has 0 aliphatic rings. The van der Waals surface area contributed by atoms with Gasteiger partial charge in [0.15, 0.2) is 0 Å². The smallest absolute Gasteiger partial charge is 0.234 e. The quantitative estimate of drug-likeness (QED) is 0.662. The Balaban J connectivity index is 1.48. The highest BCUT2D eigenvalue weighted by Gasteiger charge is 2.12. The molecule has 0 bridgehead atoms. The maximum atomic E-state index is 13.8. The van der Waals surface area contributed by atoms with Crippen molar-refractivity contribution in [1.29, 1.82) is 0 Å². The van der Waals surface area contributed by atoms with Crippen molar-refractivity contribution in [2.45, 2.75) is 13.0 Å². The van der Waals surface area contributed by atoms with E-state index >= 15 is 0 Å². The molecule has 0 radical (unpaired) electrons. The summed E-state index contributed by atoms with van der Waals surface area (Å²) >= 11 is 6.03. The first-order chi connectivity index (χ1) is 12.5. The van der Waals surface area contributed by atoms with Gasteiger partial charge in [0.25, 0.3) is 0 Å². The van der Waals surface area contributed by atoms with Crippen LogP contribution in [0.1, 0.15) is 11.1 Å². The lowest BCUT2D eigenvalue weighted by molar-refractivity contribution is -0.122. The third-order valence-electron chi connectivity index (χ3n) is 4.29. The minimum absolute atomic E-state index is 0.0974. The van der Waals surface area contributed by atoms with Crippen LogP contribution in [-0.2, 0) is 17.8 Å². The Kier molecular flexibility index (Phi) is 5.91. The summed E-state index contributed by atoms with van der Waals surface area (Å²) in [6.45, 7) is 1.01. The van der Waals surface area contributed by atoms with E-state index in [2.05, 4.69) is 16.4 Å². The molecule has 0 unspecified atom stereocenters. The molecule has 2 aromatic carbocycles. The number of benzene rings is 2. The van der Waals surface area contributed by atoms with Gasteiger partial charge in [-0.3, -0.25) is 9.69 Å². The second-order valence-electron chi connectivity index (χ2n) is 6.33. The van der Waals surface area contributed by atoms with Gasteiger partial charge in [0.2, 0.25) is 5.91 Å². The van der Waals surface area contributed by atoms with Crippen LogP contribution in [0.3, 0.4) is 0 Å². The van der Waals surface area contributed by atoms with Gasteiger partial charge in [0.05, 0.1) is 6.54 Å². The van der Waals surface area contributed by atoms with E-state index in [-0.39, 0.29) is 24.8 Å². The minimum Gasteiger partial charge on any atom is -0.361 e. The number of carbonyl (C=O) groups is 1. The Labute approximate surface area is 157 Å². The highest BCUT2D eigenvalue weighted by molar-refractivity contribution is 6.31. The number of para-hydroxylation sites is 1. The molecule has 1 aromatic heterocycles. The summed E-state index contributed by atoms with van der Waals surface area (Å²) in [5, 5.41) is 4.46. The number of nitrogens with one attached hydrogen (secondary N) is 2. The number of hydrogen-bond donors (Lipinski definition) is 2. The fraction of sp³-hybridized carbons (Fsp3) is 0.250. The molecular weight excluding hydrogens is 353 g/mol. The molecule has 1 amide bonds. The summed E-state index contributed by atoms with van der Waals surface area (Å²) in [6, 6.07) is 12.7. The number of rotatable bonds is 7. The zero-order valence-electron chi connectivity index (χ0n) is 14.6. The molecule has 0 saturated carbocycles. The highest BCUT2D eigenvalue weighted by Crippen LogP contribution is 2.20. The summed E-state index contributed by atoms with van der Waals surface area (Å²) in [5.74, 6) is -0.455. The monoisotopic (exact) mass is 373 g/mol. The van der Waals surface area contributed by atoms with Crippen LogP contribution in [0, 0.1) is 5.82 Å². The largest absolute Gasteiger partial charge is 0.361 e. The molecule has 1 heterocycles. The Morgan fingerprint density at radius 3 is 2.85 bits per heavy atom. The molecule has 0 aliphatic carbocycles. The Morgan fingerprint density at radius 1 is 1.23 bits per heavy atom. The van der Waals surface area contributed by atoms with Crippen LogP contribution in [0.25, 0.3) is 10.9 Å². The van der Waals surface area contributed by atoms with Crippen molar-refractivity contribution in [3.63, 3.8) is 0 Å². The number of amides is 1. The van der Waals surface area contributed by atoms with Crippen molar-refractivity contribution < 1.29 is 9.18 Å². The fourth-order valence-corrected chi connectivity index (χ4v) is 3.21. The van der Waals surface area contributed by atoms with E-state index in [9.17, 15) is 9.18 Å². The van der Waals surface area contributed by atoms with Gasteiger partial charge in [0.1, 0.15) is 5.82 Å². The van der Waals surface area contributed by atoms with Gasteiger partial charge in [-0.25, -0.2) is 4.39 Å². The Hall–Kier alpha value is -2.37. The first-order valence-electron chi connectivity index (χ1n) is 8.47. The van der Waals surface area contributed by atoms with E-state index in [1.807, 2.05) is 24.4 Å². The van der Waals surface area contributed by atoms with Crippen LogP contribution in [-0.4, -0.2) is 35.9 Å². The van der Waals surface area contributed by atoms with Crippen LogP contribution >= 0.6 is 11.6 Å². The molecule has 6 heteroatoms. The Bertz CT molecular complexity index is 889. The van der Waals surface area contributed by atoms with E-state index < -0.39 is 0 Å². The van der Waals surface area contributed by atoms with Crippen LogP contribution in [0.15, 0.2) is 48.7 Å². The summed E-state index contributed by atoms with van der Waals surface area (Å²) in [6.07, 6.45) is 2.72. The summed E-state index contributed by atoms with van der Waals surface area (Å²) in [4.78, 5) is 17.1. The van der Waals surface area contributed by atoms with Crippen LogP contribution in [0.4, 0.5) is 4.39 Å². The predicted octanol–water partition coefficient (Wildman–Crippen LogP) is 3.75. The van der Waals surface area contributed by atoms with Crippen molar-refractivity contribution in [3.05, 3.63) is 70.6 Å². The van der Waals surface area contributed by atoms with E-state index in [4.69, 9.17) is 11.6 Å². The molecule has 0 aliphatic heterocycles. The number of carbonyl (C=O) groups excluding carboxylic acids is 1. The second-order valence-corrected chi connectivity index (χ2v) is 6.74. The molecule has 0 atom stereocenters. The molecule has 2 N–H and O–H groups in total. The number of halogens is 2.